The molecule has 5 nitrogen and oxygen atoms in total. The average molecular weight is 341 g/mol. The van der Waals surface area contributed by atoms with Crippen molar-refractivity contribution in [3.63, 3.8) is 0 Å². The van der Waals surface area contributed by atoms with Gasteiger partial charge in [-0.1, -0.05) is 43.8 Å². The smallest absolute Gasteiger partial charge is 0.423 e. The molecular weight excluding hydrogens is 323 g/mol. The molecule has 0 spiro atoms. The van der Waals surface area contributed by atoms with Crippen molar-refractivity contribution in [3.05, 3.63) is 59.6 Å². The maximum atomic E-state index is 13.3. The Labute approximate surface area is 137 Å². The van der Waals surface area contributed by atoms with Gasteiger partial charge in [-0.05, 0) is 12.3 Å². The normalized spacial score (nSPS) is 12.0. The van der Waals surface area contributed by atoms with Crippen molar-refractivity contribution in [3.8, 4) is 0 Å². The number of allylic oxidation sites excluding steroid dienone is 1. The number of halogens is 3. The van der Waals surface area contributed by atoms with Crippen LogP contribution in [-0.4, -0.2) is 18.8 Å². The second kappa shape index (κ2) is 8.76. The van der Waals surface area contributed by atoms with Crippen LogP contribution >= 0.6 is 0 Å². The maximum Gasteiger partial charge on any atom is 0.423 e. The Kier molecular flexibility index (Phi) is 7.03. The molecule has 0 bridgehead atoms. The molecule has 8 heteroatoms. The van der Waals surface area contributed by atoms with Crippen LogP contribution in [0.3, 0.4) is 0 Å². The maximum absolute atomic E-state index is 13.3. The molecule has 24 heavy (non-hydrogen) atoms. The zero-order chi connectivity index (χ0) is 18.2. The fraction of sp³-hybridized carbons (Fsp3) is 0.250. The molecule has 1 amide bonds. The summed E-state index contributed by atoms with van der Waals surface area (Å²) < 4.78 is 45.0. The lowest BCUT2D eigenvalue weighted by Crippen LogP contribution is -2.37. The van der Waals surface area contributed by atoms with Crippen molar-refractivity contribution in [2.24, 2.45) is 4.99 Å². The van der Waals surface area contributed by atoms with Crippen LogP contribution in [-0.2, 0) is 16.1 Å². The molecule has 0 heterocycles. The fourth-order valence-corrected chi connectivity index (χ4v) is 1.64. The number of carbonyl (C=O) groups excluding carboxylic acids is 1. The molecule has 0 aliphatic carbocycles. The van der Waals surface area contributed by atoms with Crippen LogP contribution < -0.4 is 10.9 Å². The van der Waals surface area contributed by atoms with E-state index in [0.717, 1.165) is 0 Å². The van der Waals surface area contributed by atoms with Gasteiger partial charge in [0.2, 0.25) is 5.91 Å². The number of carbonyl (C=O) groups is 1. The Morgan fingerprint density at radius 2 is 1.88 bits per heavy atom. The van der Waals surface area contributed by atoms with Crippen LogP contribution in [0.5, 0.6) is 0 Å². The molecule has 1 aromatic rings. The molecule has 0 aliphatic rings. The van der Waals surface area contributed by atoms with E-state index >= 15 is 0 Å². The summed E-state index contributed by atoms with van der Waals surface area (Å²) in [5.41, 5.74) is 3.62. The number of benzene rings is 1. The van der Waals surface area contributed by atoms with Crippen LogP contribution in [0, 0.1) is 0 Å². The van der Waals surface area contributed by atoms with Gasteiger partial charge >= 0.3 is 6.18 Å². The second-order valence-corrected chi connectivity index (χ2v) is 4.60. The number of aliphatic imine (C=N–C) groups is 1. The summed E-state index contributed by atoms with van der Waals surface area (Å²) >= 11 is 0. The predicted octanol–water partition coefficient (Wildman–Crippen LogP) is 3.22. The molecule has 0 aromatic heterocycles. The molecule has 0 radical (unpaired) electrons. The number of nitrogens with one attached hydrogen (secondary N) is 2. The van der Waals surface area contributed by atoms with Crippen LogP contribution in [0.15, 0.2) is 59.1 Å². The van der Waals surface area contributed by atoms with Gasteiger partial charge in [-0.2, -0.15) is 13.2 Å². The molecule has 0 atom stereocenters. The Bertz CT molecular complexity index is 625. The molecule has 130 valence electrons. The minimum absolute atomic E-state index is 0.0875. The van der Waals surface area contributed by atoms with Crippen LogP contribution in [0.2, 0.25) is 0 Å². The number of hydrogen-bond donors (Lipinski definition) is 2. The van der Waals surface area contributed by atoms with Gasteiger partial charge in [0.05, 0.1) is 0 Å². The topological polar surface area (TPSA) is 62.7 Å². The third kappa shape index (κ3) is 5.79. The van der Waals surface area contributed by atoms with E-state index in [1.165, 1.54) is 0 Å². The Balaban J connectivity index is 2.97. The molecule has 0 fully saturated rings. The molecule has 0 saturated carbocycles. The minimum atomic E-state index is -4.80. The molecule has 2 N–H and O–H groups in total. The van der Waals surface area contributed by atoms with E-state index in [2.05, 4.69) is 29.1 Å². The summed E-state index contributed by atoms with van der Waals surface area (Å²) in [6, 6.07) is 8.66. The average Bonchev–Trinajstić information content (AvgIpc) is 2.55. The highest BCUT2D eigenvalue weighted by Crippen LogP contribution is 2.33. The van der Waals surface area contributed by atoms with Gasteiger partial charge in [-0.15, -0.1) is 0 Å². The summed E-state index contributed by atoms with van der Waals surface area (Å²) in [5.74, 6) is -1.83. The first-order chi connectivity index (χ1) is 11.3. The fourth-order valence-electron chi connectivity index (χ4n) is 1.64. The quantitative estimate of drug-likeness (QED) is 0.330. The lowest BCUT2D eigenvalue weighted by Gasteiger charge is -2.19. The molecule has 0 aliphatic heterocycles. The highest BCUT2D eigenvalue weighted by Gasteiger charge is 2.40. The summed E-state index contributed by atoms with van der Waals surface area (Å²) in [7, 11) is 0. The standard InChI is InChI=1S/C16H18F3N3O2/c1-4-13(23)21-22-15(20-3)14(16(17,18)19)11(2)24-10-12-8-6-5-7-9-12/h5-9,22H,2-4,10H2,1H3,(H,21,23)/b15-14-. The van der Waals surface area contributed by atoms with Crippen molar-refractivity contribution in [2.75, 3.05) is 0 Å². The second-order valence-electron chi connectivity index (χ2n) is 4.60. The van der Waals surface area contributed by atoms with Crippen molar-refractivity contribution < 1.29 is 22.7 Å². The first-order valence-electron chi connectivity index (χ1n) is 6.98. The van der Waals surface area contributed by atoms with Gasteiger partial charge in [0.25, 0.3) is 0 Å². The number of hydrazine groups is 1. The summed E-state index contributed by atoms with van der Waals surface area (Å²) in [6.45, 7) is 7.85. The van der Waals surface area contributed by atoms with Gasteiger partial charge in [-0.25, -0.2) is 4.99 Å². The lowest BCUT2D eigenvalue weighted by molar-refractivity contribution is -0.121. The zero-order valence-corrected chi connectivity index (χ0v) is 13.1. The number of ether oxygens (including phenoxy) is 1. The first kappa shape index (κ1) is 19.3. The number of rotatable bonds is 8. The Morgan fingerprint density at radius 1 is 1.25 bits per heavy atom. The van der Waals surface area contributed by atoms with Crippen molar-refractivity contribution in [2.45, 2.75) is 26.1 Å². The molecular formula is C16H18F3N3O2. The molecule has 1 rings (SSSR count). The zero-order valence-electron chi connectivity index (χ0n) is 13.1. The van der Waals surface area contributed by atoms with Gasteiger partial charge in [0.1, 0.15) is 17.9 Å². The van der Waals surface area contributed by atoms with Crippen molar-refractivity contribution >= 4 is 12.6 Å². The monoisotopic (exact) mass is 341 g/mol. The van der Waals surface area contributed by atoms with Crippen LogP contribution in [0.25, 0.3) is 0 Å². The largest absolute Gasteiger partial charge is 0.489 e. The van der Waals surface area contributed by atoms with Gasteiger partial charge in [0, 0.05) is 6.42 Å². The number of nitrogens with zero attached hydrogens (tertiary/aromatic N) is 1. The highest BCUT2D eigenvalue weighted by molar-refractivity contribution is 5.75. The summed E-state index contributed by atoms with van der Waals surface area (Å²) in [5, 5.41) is 0. The Hall–Kier alpha value is -2.77. The lowest BCUT2D eigenvalue weighted by atomic mass is 10.2. The van der Waals surface area contributed by atoms with Gasteiger partial charge in [0.15, 0.2) is 5.82 Å². The van der Waals surface area contributed by atoms with Gasteiger partial charge < -0.3 is 4.74 Å². The van der Waals surface area contributed by atoms with Crippen molar-refractivity contribution in [1.29, 1.82) is 0 Å². The van der Waals surface area contributed by atoms with Crippen LogP contribution in [0.1, 0.15) is 18.9 Å². The third-order valence-corrected chi connectivity index (χ3v) is 2.85. The molecule has 1 aromatic carbocycles. The van der Waals surface area contributed by atoms with Crippen LogP contribution in [0.4, 0.5) is 13.2 Å². The van der Waals surface area contributed by atoms with E-state index < -0.39 is 29.2 Å². The van der Waals surface area contributed by atoms with Gasteiger partial charge in [-0.3, -0.25) is 15.6 Å². The summed E-state index contributed by atoms with van der Waals surface area (Å²) in [6.07, 6.45) is -4.71. The van der Waals surface area contributed by atoms with E-state index in [1.54, 1.807) is 37.3 Å². The SMILES string of the molecule is C=N/C(NNC(=O)CC)=C(\C(=C)OCc1ccccc1)C(F)(F)F. The van der Waals surface area contributed by atoms with E-state index in [1.807, 2.05) is 0 Å². The van der Waals surface area contributed by atoms with E-state index in [4.69, 9.17) is 4.74 Å². The van der Waals surface area contributed by atoms with E-state index in [0.29, 0.717) is 5.56 Å². The molecule has 0 saturated heterocycles. The molecule has 0 unspecified atom stereocenters. The first-order valence-corrected chi connectivity index (χ1v) is 6.98. The van der Waals surface area contributed by atoms with E-state index in [9.17, 15) is 18.0 Å². The third-order valence-electron chi connectivity index (χ3n) is 2.85. The minimum Gasteiger partial charge on any atom is -0.489 e. The highest BCUT2D eigenvalue weighted by atomic mass is 19.4. The summed E-state index contributed by atoms with van der Waals surface area (Å²) in [4.78, 5) is 14.5. The van der Waals surface area contributed by atoms with E-state index in [-0.39, 0.29) is 13.0 Å². The predicted molar refractivity (Wildman–Crippen MR) is 84.6 cm³/mol. The van der Waals surface area contributed by atoms with Crippen molar-refractivity contribution in [1.82, 2.24) is 10.9 Å². The number of hydrogen-bond acceptors (Lipinski definition) is 4. The Morgan fingerprint density at radius 3 is 2.38 bits per heavy atom. The number of amides is 1. The number of alkyl halides is 3.